The second kappa shape index (κ2) is 9.81. The van der Waals surface area contributed by atoms with E-state index in [4.69, 9.17) is 6.42 Å². The molecular formula is C22H22N2O5S3. The van der Waals surface area contributed by atoms with Crippen molar-refractivity contribution in [3.8, 4) is 12.3 Å². The first-order chi connectivity index (χ1) is 15.1. The van der Waals surface area contributed by atoms with Gasteiger partial charge in [0.2, 0.25) is 5.91 Å². The molecule has 1 aromatic heterocycles. The van der Waals surface area contributed by atoms with Crippen LogP contribution in [-0.4, -0.2) is 39.3 Å². The van der Waals surface area contributed by atoms with Crippen molar-refractivity contribution in [3.63, 3.8) is 0 Å². The summed E-state index contributed by atoms with van der Waals surface area (Å²) in [6.45, 7) is 0.162. The highest BCUT2D eigenvalue weighted by atomic mass is 32.2. The molecule has 0 aliphatic heterocycles. The van der Waals surface area contributed by atoms with Gasteiger partial charge in [-0.3, -0.25) is 4.79 Å². The number of carbonyl (C=O) groups excluding carboxylic acids is 1. The summed E-state index contributed by atoms with van der Waals surface area (Å²) in [5, 5.41) is 0. The lowest BCUT2D eigenvalue weighted by molar-refractivity contribution is -0.118. The van der Waals surface area contributed by atoms with Crippen LogP contribution in [-0.2, 0) is 36.8 Å². The summed E-state index contributed by atoms with van der Waals surface area (Å²) in [5.41, 5.74) is 1.38. The van der Waals surface area contributed by atoms with Crippen LogP contribution in [0.1, 0.15) is 18.4 Å². The second-order valence-electron chi connectivity index (χ2n) is 7.26. The normalized spacial score (nSPS) is 12.7. The molecule has 0 spiro atoms. The Balaban J connectivity index is 1.76. The van der Waals surface area contributed by atoms with Gasteiger partial charge < -0.3 is 4.57 Å². The molecule has 168 valence electrons. The molecule has 0 unspecified atom stereocenters. The van der Waals surface area contributed by atoms with Gasteiger partial charge in [0.25, 0.3) is 0 Å². The third-order valence-electron chi connectivity index (χ3n) is 4.63. The van der Waals surface area contributed by atoms with E-state index in [1.165, 1.54) is 12.1 Å². The van der Waals surface area contributed by atoms with E-state index < -0.39 is 25.6 Å². The van der Waals surface area contributed by atoms with Crippen LogP contribution in [0.5, 0.6) is 0 Å². The first-order valence-corrected chi connectivity index (χ1v) is 14.2. The third-order valence-corrected chi connectivity index (χ3v) is 8.46. The number of carbonyl (C=O) groups is 1. The average molecular weight is 491 g/mol. The Hall–Kier alpha value is -2.74. The molecule has 0 aliphatic rings. The maximum atomic E-state index is 12.4. The Kier molecular flexibility index (Phi) is 7.33. The molecule has 1 heterocycles. The van der Waals surface area contributed by atoms with Gasteiger partial charge in [0, 0.05) is 12.7 Å². The maximum absolute atomic E-state index is 12.4. The van der Waals surface area contributed by atoms with Crippen molar-refractivity contribution in [2.75, 3.05) is 12.0 Å². The number of hydrogen-bond donors (Lipinski definition) is 0. The summed E-state index contributed by atoms with van der Waals surface area (Å²) < 4.78 is 50.5. The fraction of sp³-hybridized carbons (Fsp3) is 0.273. The molecule has 3 aromatic rings. The number of rotatable bonds is 8. The highest BCUT2D eigenvalue weighted by Crippen LogP contribution is 2.22. The fourth-order valence-corrected chi connectivity index (χ4v) is 6.36. The van der Waals surface area contributed by atoms with Gasteiger partial charge >= 0.3 is 0 Å². The van der Waals surface area contributed by atoms with Crippen LogP contribution in [0, 0.1) is 12.3 Å². The number of aromatic nitrogens is 1. The Labute approximate surface area is 191 Å². The second-order valence-corrected chi connectivity index (χ2v) is 12.5. The van der Waals surface area contributed by atoms with E-state index in [9.17, 15) is 21.6 Å². The lowest BCUT2D eigenvalue weighted by Gasteiger charge is -2.03. The van der Waals surface area contributed by atoms with Gasteiger partial charge in [0.1, 0.15) is 0 Å². The SMILES string of the molecule is C#CCn1c(=NC(=O)CCCS(=O)(=O)Cc2ccccc2)sc2cc(S(C)(=O)=O)ccc21. The number of nitrogens with zero attached hydrogens (tertiary/aromatic N) is 2. The molecule has 0 fully saturated rings. The lowest BCUT2D eigenvalue weighted by atomic mass is 10.2. The lowest BCUT2D eigenvalue weighted by Crippen LogP contribution is -2.17. The Morgan fingerprint density at radius 2 is 1.84 bits per heavy atom. The van der Waals surface area contributed by atoms with Gasteiger partial charge in [0.15, 0.2) is 24.5 Å². The minimum Gasteiger partial charge on any atom is -0.305 e. The van der Waals surface area contributed by atoms with Crippen LogP contribution in [0.15, 0.2) is 58.4 Å². The van der Waals surface area contributed by atoms with Crippen LogP contribution >= 0.6 is 11.3 Å². The molecule has 0 saturated carbocycles. The molecule has 2 aromatic carbocycles. The molecule has 0 aliphatic carbocycles. The molecule has 3 rings (SSSR count). The number of fused-ring (bicyclic) bond motifs is 1. The highest BCUT2D eigenvalue weighted by Gasteiger charge is 2.15. The molecule has 7 nitrogen and oxygen atoms in total. The summed E-state index contributed by atoms with van der Waals surface area (Å²) in [4.78, 5) is 17.0. The molecule has 0 bridgehead atoms. The van der Waals surface area contributed by atoms with E-state index in [2.05, 4.69) is 10.9 Å². The predicted octanol–water partition coefficient (Wildman–Crippen LogP) is 2.56. The van der Waals surface area contributed by atoms with Crippen molar-refractivity contribution < 1.29 is 21.6 Å². The number of hydrogen-bond acceptors (Lipinski definition) is 6. The summed E-state index contributed by atoms with van der Waals surface area (Å²) >= 11 is 1.16. The Morgan fingerprint density at radius 3 is 2.50 bits per heavy atom. The number of terminal acetylenes is 1. The molecule has 0 radical (unpaired) electrons. The van der Waals surface area contributed by atoms with Crippen molar-refractivity contribution in [1.82, 2.24) is 4.57 Å². The van der Waals surface area contributed by atoms with E-state index in [0.29, 0.717) is 20.6 Å². The summed E-state index contributed by atoms with van der Waals surface area (Å²) in [6.07, 6.45) is 6.71. The molecular weight excluding hydrogens is 468 g/mol. The fourth-order valence-electron chi connectivity index (χ4n) is 3.12. The monoisotopic (exact) mass is 490 g/mol. The van der Waals surface area contributed by atoms with Gasteiger partial charge in [0.05, 0.1) is 33.2 Å². The molecule has 0 saturated heterocycles. The van der Waals surface area contributed by atoms with Crippen LogP contribution in [0.3, 0.4) is 0 Å². The topological polar surface area (TPSA) is 103 Å². The molecule has 1 amide bonds. The third kappa shape index (κ3) is 6.16. The minimum atomic E-state index is -3.38. The zero-order valence-electron chi connectivity index (χ0n) is 17.4. The zero-order valence-corrected chi connectivity index (χ0v) is 19.8. The maximum Gasteiger partial charge on any atom is 0.248 e. The van der Waals surface area contributed by atoms with Gasteiger partial charge in [-0.15, -0.1) is 6.42 Å². The van der Waals surface area contributed by atoms with E-state index in [1.54, 1.807) is 34.9 Å². The van der Waals surface area contributed by atoms with E-state index in [0.717, 1.165) is 17.6 Å². The predicted molar refractivity (Wildman–Crippen MR) is 125 cm³/mol. The van der Waals surface area contributed by atoms with E-state index in [1.807, 2.05) is 6.07 Å². The van der Waals surface area contributed by atoms with E-state index in [-0.39, 0.29) is 35.8 Å². The van der Waals surface area contributed by atoms with Crippen LogP contribution in [0.2, 0.25) is 0 Å². The average Bonchev–Trinajstić information content (AvgIpc) is 3.04. The van der Waals surface area contributed by atoms with Crippen LogP contribution in [0.4, 0.5) is 0 Å². The molecule has 32 heavy (non-hydrogen) atoms. The smallest absolute Gasteiger partial charge is 0.248 e. The molecule has 0 N–H and O–H groups in total. The van der Waals surface area contributed by atoms with Crippen LogP contribution < -0.4 is 4.80 Å². The van der Waals surface area contributed by atoms with Crippen molar-refractivity contribution in [2.24, 2.45) is 4.99 Å². The number of thiazole rings is 1. The van der Waals surface area contributed by atoms with E-state index >= 15 is 0 Å². The number of benzene rings is 2. The standard InChI is InChI=1S/C22H22N2O5S3/c1-3-13-24-19-12-11-18(31(2,26)27)15-20(19)30-22(24)23-21(25)10-7-14-32(28,29)16-17-8-5-4-6-9-17/h1,4-6,8-9,11-12,15H,7,10,13-14,16H2,2H3. The Bertz CT molecular complexity index is 1460. The van der Waals surface area contributed by atoms with Crippen molar-refractivity contribution in [3.05, 3.63) is 58.9 Å². The first kappa shape index (κ1) is 23.9. The van der Waals surface area contributed by atoms with Crippen molar-refractivity contribution >= 4 is 47.1 Å². The summed E-state index contributed by atoms with van der Waals surface area (Å²) in [5.74, 6) is 1.87. The summed E-state index contributed by atoms with van der Waals surface area (Å²) in [7, 11) is -6.72. The molecule has 10 heteroatoms. The highest BCUT2D eigenvalue weighted by molar-refractivity contribution is 7.91. The first-order valence-electron chi connectivity index (χ1n) is 9.68. The minimum absolute atomic E-state index is 0.0209. The quantitative estimate of drug-likeness (QED) is 0.452. The zero-order chi connectivity index (χ0) is 23.4. The summed E-state index contributed by atoms with van der Waals surface area (Å²) in [6, 6.07) is 13.5. The van der Waals surface area contributed by atoms with Gasteiger partial charge in [-0.1, -0.05) is 47.6 Å². The largest absolute Gasteiger partial charge is 0.305 e. The Morgan fingerprint density at radius 1 is 1.12 bits per heavy atom. The molecule has 0 atom stereocenters. The number of amides is 1. The van der Waals surface area contributed by atoms with Gasteiger partial charge in [-0.05, 0) is 30.2 Å². The van der Waals surface area contributed by atoms with Gasteiger partial charge in [-0.2, -0.15) is 4.99 Å². The van der Waals surface area contributed by atoms with Gasteiger partial charge in [-0.25, -0.2) is 16.8 Å². The van der Waals surface area contributed by atoms with Crippen molar-refractivity contribution in [1.29, 1.82) is 0 Å². The van der Waals surface area contributed by atoms with Crippen LogP contribution in [0.25, 0.3) is 10.2 Å². The number of sulfone groups is 2. The van der Waals surface area contributed by atoms with Crippen molar-refractivity contribution in [2.45, 2.75) is 30.0 Å².